The van der Waals surface area contributed by atoms with E-state index in [1.54, 1.807) is 0 Å². The summed E-state index contributed by atoms with van der Waals surface area (Å²) in [6.07, 6.45) is 1.49. The lowest BCUT2D eigenvalue weighted by Crippen LogP contribution is -2.37. The lowest BCUT2D eigenvalue weighted by atomic mass is 10.1. The van der Waals surface area contributed by atoms with Crippen LogP contribution < -0.4 is 15.0 Å². The highest BCUT2D eigenvalue weighted by atomic mass is 16.5. The van der Waals surface area contributed by atoms with E-state index in [9.17, 15) is 9.59 Å². The van der Waals surface area contributed by atoms with Gasteiger partial charge < -0.3 is 15.0 Å². The summed E-state index contributed by atoms with van der Waals surface area (Å²) < 4.78 is 5.41. The maximum Gasteiger partial charge on any atom is 0.231 e. The molecule has 0 spiro atoms. The molecule has 3 unspecified atom stereocenters. The van der Waals surface area contributed by atoms with Crippen LogP contribution in [0.3, 0.4) is 0 Å². The highest BCUT2D eigenvalue weighted by Gasteiger charge is 2.51. The fraction of sp³-hybridized carbons (Fsp3) is 0.364. The van der Waals surface area contributed by atoms with Gasteiger partial charge in [-0.25, -0.2) is 0 Å². The monoisotopic (exact) mass is 364 g/mol. The Hall–Kier alpha value is -2.82. The Labute approximate surface area is 159 Å². The first-order chi connectivity index (χ1) is 13.1. The number of carbonyl (C=O) groups excluding carboxylic acids is 2. The van der Waals surface area contributed by atoms with Crippen LogP contribution in [-0.2, 0) is 16.0 Å². The Morgan fingerprint density at radius 2 is 1.85 bits per heavy atom. The molecule has 1 aliphatic carbocycles. The Bertz CT molecular complexity index is 862. The van der Waals surface area contributed by atoms with Crippen LogP contribution in [0, 0.1) is 11.8 Å². The predicted octanol–water partition coefficient (Wildman–Crippen LogP) is 3.64. The lowest BCUT2D eigenvalue weighted by molar-refractivity contribution is -0.123. The third kappa shape index (κ3) is 3.42. The van der Waals surface area contributed by atoms with Crippen molar-refractivity contribution < 1.29 is 14.3 Å². The molecule has 5 nitrogen and oxygen atoms in total. The molecule has 1 heterocycles. The zero-order chi connectivity index (χ0) is 19.0. The Balaban J connectivity index is 1.39. The van der Waals surface area contributed by atoms with E-state index in [0.29, 0.717) is 13.0 Å². The molecule has 140 valence electrons. The van der Waals surface area contributed by atoms with Crippen molar-refractivity contribution >= 4 is 23.2 Å². The van der Waals surface area contributed by atoms with E-state index in [1.807, 2.05) is 54.3 Å². The molecule has 0 bridgehead atoms. The number of hydrogen-bond acceptors (Lipinski definition) is 3. The SMILES string of the molecule is CCOc1ccc(NC(=O)C2CC2C(=O)N2c3ccccc3CC2C)cc1. The van der Waals surface area contributed by atoms with Gasteiger partial charge in [0.1, 0.15) is 5.75 Å². The van der Waals surface area contributed by atoms with Gasteiger partial charge in [-0.3, -0.25) is 9.59 Å². The zero-order valence-electron chi connectivity index (χ0n) is 15.6. The summed E-state index contributed by atoms with van der Waals surface area (Å²) in [5.41, 5.74) is 2.92. The molecule has 2 amide bonds. The predicted molar refractivity (Wildman–Crippen MR) is 105 cm³/mol. The van der Waals surface area contributed by atoms with Gasteiger partial charge in [-0.1, -0.05) is 18.2 Å². The summed E-state index contributed by atoms with van der Waals surface area (Å²) in [5, 5.41) is 2.91. The van der Waals surface area contributed by atoms with Crippen LogP contribution in [0.5, 0.6) is 5.75 Å². The van der Waals surface area contributed by atoms with Gasteiger partial charge in [0.15, 0.2) is 0 Å². The number of anilines is 2. The van der Waals surface area contributed by atoms with Crippen LogP contribution in [0.1, 0.15) is 25.8 Å². The summed E-state index contributed by atoms with van der Waals surface area (Å²) in [6, 6.07) is 15.5. The number of carbonyl (C=O) groups is 2. The number of nitrogens with zero attached hydrogens (tertiary/aromatic N) is 1. The number of fused-ring (bicyclic) bond motifs is 1. The van der Waals surface area contributed by atoms with Gasteiger partial charge in [-0.15, -0.1) is 0 Å². The summed E-state index contributed by atoms with van der Waals surface area (Å²) in [6.45, 7) is 4.60. The zero-order valence-corrected chi connectivity index (χ0v) is 15.6. The average Bonchev–Trinajstić information content (AvgIpc) is 3.39. The third-order valence-electron chi connectivity index (χ3n) is 5.32. The molecule has 5 heteroatoms. The minimum atomic E-state index is -0.246. The largest absolute Gasteiger partial charge is 0.494 e. The van der Waals surface area contributed by atoms with E-state index in [4.69, 9.17) is 4.74 Å². The normalized spacial score (nSPS) is 22.9. The van der Waals surface area contributed by atoms with Crippen molar-refractivity contribution in [1.82, 2.24) is 0 Å². The molecular weight excluding hydrogens is 340 g/mol. The number of para-hydroxylation sites is 1. The maximum absolute atomic E-state index is 13.0. The fourth-order valence-electron chi connectivity index (χ4n) is 3.87. The maximum atomic E-state index is 13.0. The molecule has 0 radical (unpaired) electrons. The fourth-order valence-corrected chi connectivity index (χ4v) is 3.87. The molecule has 1 N–H and O–H groups in total. The first-order valence-electron chi connectivity index (χ1n) is 9.53. The smallest absolute Gasteiger partial charge is 0.231 e. The second-order valence-corrected chi connectivity index (χ2v) is 7.29. The molecule has 3 atom stereocenters. The Kier molecular flexibility index (Phi) is 4.60. The van der Waals surface area contributed by atoms with E-state index in [1.165, 1.54) is 5.56 Å². The van der Waals surface area contributed by atoms with Crippen LogP contribution in [0.2, 0.25) is 0 Å². The molecule has 0 aromatic heterocycles. The highest BCUT2D eigenvalue weighted by Crippen LogP contribution is 2.44. The number of rotatable bonds is 5. The van der Waals surface area contributed by atoms with E-state index >= 15 is 0 Å². The van der Waals surface area contributed by atoms with Crippen LogP contribution >= 0.6 is 0 Å². The number of amides is 2. The van der Waals surface area contributed by atoms with Gasteiger partial charge in [0.2, 0.25) is 11.8 Å². The summed E-state index contributed by atoms with van der Waals surface area (Å²) in [5.74, 6) is 0.291. The standard InChI is InChI=1S/C22H24N2O3/c1-3-27-17-10-8-16(9-11-17)23-21(25)18-13-19(18)22(26)24-14(2)12-15-6-4-5-7-20(15)24/h4-11,14,18-19H,3,12-13H2,1-2H3,(H,23,25). The van der Waals surface area contributed by atoms with Crippen molar-refractivity contribution in [3.8, 4) is 5.75 Å². The minimum absolute atomic E-state index is 0.0688. The number of nitrogens with one attached hydrogen (secondary N) is 1. The molecule has 27 heavy (non-hydrogen) atoms. The third-order valence-corrected chi connectivity index (χ3v) is 5.32. The van der Waals surface area contributed by atoms with Gasteiger partial charge in [0.05, 0.1) is 18.4 Å². The summed E-state index contributed by atoms with van der Waals surface area (Å²) in [4.78, 5) is 27.4. The van der Waals surface area contributed by atoms with Gasteiger partial charge in [-0.05, 0) is 62.6 Å². The Morgan fingerprint density at radius 3 is 2.59 bits per heavy atom. The second kappa shape index (κ2) is 7.06. The number of ether oxygens (including phenoxy) is 1. The van der Waals surface area contributed by atoms with E-state index in [2.05, 4.69) is 18.3 Å². The van der Waals surface area contributed by atoms with Crippen LogP contribution in [0.4, 0.5) is 11.4 Å². The van der Waals surface area contributed by atoms with Crippen molar-refractivity contribution in [3.63, 3.8) is 0 Å². The summed E-state index contributed by atoms with van der Waals surface area (Å²) >= 11 is 0. The van der Waals surface area contributed by atoms with Crippen molar-refractivity contribution in [2.75, 3.05) is 16.8 Å². The van der Waals surface area contributed by atoms with Crippen molar-refractivity contribution in [1.29, 1.82) is 0 Å². The van der Waals surface area contributed by atoms with E-state index in [-0.39, 0.29) is 29.7 Å². The molecule has 2 aromatic rings. The van der Waals surface area contributed by atoms with Gasteiger partial charge in [0.25, 0.3) is 0 Å². The van der Waals surface area contributed by atoms with Crippen molar-refractivity contribution in [2.45, 2.75) is 32.7 Å². The molecule has 0 saturated heterocycles. The molecule has 2 aliphatic rings. The van der Waals surface area contributed by atoms with Crippen LogP contribution in [0.15, 0.2) is 48.5 Å². The quantitative estimate of drug-likeness (QED) is 0.881. The average molecular weight is 364 g/mol. The second-order valence-electron chi connectivity index (χ2n) is 7.29. The van der Waals surface area contributed by atoms with Gasteiger partial charge >= 0.3 is 0 Å². The molecule has 1 aliphatic heterocycles. The van der Waals surface area contributed by atoms with Crippen LogP contribution in [-0.4, -0.2) is 24.5 Å². The van der Waals surface area contributed by atoms with Gasteiger partial charge in [0, 0.05) is 17.4 Å². The number of hydrogen-bond donors (Lipinski definition) is 1. The van der Waals surface area contributed by atoms with Crippen molar-refractivity contribution in [2.24, 2.45) is 11.8 Å². The minimum Gasteiger partial charge on any atom is -0.494 e. The first-order valence-corrected chi connectivity index (χ1v) is 9.53. The highest BCUT2D eigenvalue weighted by molar-refractivity contribution is 6.05. The van der Waals surface area contributed by atoms with E-state index < -0.39 is 0 Å². The molecular formula is C22H24N2O3. The Morgan fingerprint density at radius 1 is 1.11 bits per heavy atom. The van der Waals surface area contributed by atoms with Crippen molar-refractivity contribution in [3.05, 3.63) is 54.1 Å². The van der Waals surface area contributed by atoms with Crippen LogP contribution in [0.25, 0.3) is 0 Å². The lowest BCUT2D eigenvalue weighted by Gasteiger charge is -2.23. The summed E-state index contributed by atoms with van der Waals surface area (Å²) in [7, 11) is 0. The molecule has 1 saturated carbocycles. The first kappa shape index (κ1) is 17.6. The van der Waals surface area contributed by atoms with Gasteiger partial charge in [-0.2, -0.15) is 0 Å². The molecule has 2 aromatic carbocycles. The molecule has 4 rings (SSSR count). The van der Waals surface area contributed by atoms with E-state index in [0.717, 1.165) is 23.5 Å². The molecule has 1 fully saturated rings. The number of benzene rings is 2. The topological polar surface area (TPSA) is 58.6 Å².